The van der Waals surface area contributed by atoms with Gasteiger partial charge < -0.3 is 4.42 Å². The molecule has 2 aromatic rings. The van der Waals surface area contributed by atoms with Gasteiger partial charge in [-0.15, -0.1) is 11.3 Å². The molecule has 0 bridgehead atoms. The monoisotopic (exact) mass is 405 g/mol. The number of hydrogen-bond acceptors (Lipinski definition) is 4. The molecule has 4 heteroatoms. The molecular weight excluding hydrogens is 366 g/mol. The number of unbranched alkanes of at least 4 members (excludes halogenated alkanes) is 12. The first-order valence-corrected chi connectivity index (χ1v) is 12.5. The topological polar surface area (TPSA) is 43.1 Å². The first-order chi connectivity index (χ1) is 13.7. The minimum atomic E-state index is -0.204. The average molecular weight is 406 g/mol. The van der Waals surface area contributed by atoms with Gasteiger partial charge in [0, 0.05) is 11.3 Å². The Morgan fingerprint density at radius 2 is 1.32 bits per heavy atom. The van der Waals surface area contributed by atoms with Gasteiger partial charge in [-0.1, -0.05) is 90.9 Å². The van der Waals surface area contributed by atoms with Crippen LogP contribution in [-0.2, 0) is 12.8 Å². The predicted molar refractivity (Wildman–Crippen MR) is 122 cm³/mol. The molecule has 0 aliphatic heterocycles. The SMILES string of the molecule is CCCCCCCCCCCc1nc2sc(CCCCCCC)cc2c(=O)o1. The van der Waals surface area contributed by atoms with Crippen molar-refractivity contribution in [3.63, 3.8) is 0 Å². The zero-order chi connectivity index (χ0) is 20.0. The van der Waals surface area contributed by atoms with Crippen LogP contribution in [0.1, 0.15) is 115 Å². The van der Waals surface area contributed by atoms with Crippen molar-refractivity contribution in [2.24, 2.45) is 0 Å². The number of fused-ring (bicyclic) bond motifs is 1. The summed E-state index contributed by atoms with van der Waals surface area (Å²) >= 11 is 1.68. The highest BCUT2D eigenvalue weighted by Gasteiger charge is 2.11. The lowest BCUT2D eigenvalue weighted by Gasteiger charge is -2.02. The largest absolute Gasteiger partial charge is 0.408 e. The van der Waals surface area contributed by atoms with Crippen molar-refractivity contribution in [2.75, 3.05) is 0 Å². The summed E-state index contributed by atoms with van der Waals surface area (Å²) < 4.78 is 5.47. The molecule has 0 unspecified atom stereocenters. The third kappa shape index (κ3) is 8.46. The highest BCUT2D eigenvalue weighted by Crippen LogP contribution is 2.24. The van der Waals surface area contributed by atoms with Crippen LogP contribution in [0.5, 0.6) is 0 Å². The summed E-state index contributed by atoms with van der Waals surface area (Å²) in [5.41, 5.74) is -0.204. The Balaban J connectivity index is 1.72. The van der Waals surface area contributed by atoms with Crippen molar-refractivity contribution >= 4 is 21.6 Å². The molecule has 158 valence electrons. The van der Waals surface area contributed by atoms with E-state index in [4.69, 9.17) is 4.42 Å². The number of aromatic nitrogens is 1. The van der Waals surface area contributed by atoms with Crippen LogP contribution < -0.4 is 5.63 Å². The van der Waals surface area contributed by atoms with Crippen molar-refractivity contribution < 1.29 is 4.42 Å². The van der Waals surface area contributed by atoms with Gasteiger partial charge >= 0.3 is 5.63 Å². The lowest BCUT2D eigenvalue weighted by atomic mass is 10.1. The van der Waals surface area contributed by atoms with Crippen LogP contribution in [0, 0.1) is 0 Å². The second-order valence-electron chi connectivity index (χ2n) is 8.07. The molecule has 0 spiro atoms. The Bertz CT molecular complexity index is 719. The summed E-state index contributed by atoms with van der Waals surface area (Å²) in [6.07, 6.45) is 19.9. The molecule has 0 fully saturated rings. The van der Waals surface area contributed by atoms with E-state index in [-0.39, 0.29) is 5.63 Å². The van der Waals surface area contributed by atoms with E-state index in [1.165, 1.54) is 88.3 Å². The van der Waals surface area contributed by atoms with Gasteiger partial charge in [-0.2, -0.15) is 0 Å². The van der Waals surface area contributed by atoms with Crippen molar-refractivity contribution in [1.82, 2.24) is 4.98 Å². The van der Waals surface area contributed by atoms with Crippen molar-refractivity contribution in [3.05, 3.63) is 27.3 Å². The number of rotatable bonds is 16. The number of aryl methyl sites for hydroxylation is 2. The molecule has 2 heterocycles. The molecule has 0 aliphatic carbocycles. The van der Waals surface area contributed by atoms with Gasteiger partial charge in [0.1, 0.15) is 4.83 Å². The molecule has 0 saturated carbocycles. The molecule has 0 amide bonds. The maximum atomic E-state index is 12.3. The number of nitrogens with zero attached hydrogens (tertiary/aromatic N) is 1. The van der Waals surface area contributed by atoms with E-state index in [0.29, 0.717) is 11.3 Å². The van der Waals surface area contributed by atoms with Crippen LogP contribution in [0.2, 0.25) is 0 Å². The average Bonchev–Trinajstić information content (AvgIpc) is 3.10. The Morgan fingerprint density at radius 3 is 1.93 bits per heavy atom. The Hall–Kier alpha value is -1.16. The van der Waals surface area contributed by atoms with Crippen LogP contribution in [0.15, 0.2) is 15.3 Å². The Kier molecular flexibility index (Phi) is 11.5. The second-order valence-corrected chi connectivity index (χ2v) is 9.18. The van der Waals surface area contributed by atoms with Crippen LogP contribution in [-0.4, -0.2) is 4.98 Å². The summed E-state index contributed by atoms with van der Waals surface area (Å²) in [6, 6.07) is 2.00. The molecular formula is C24H39NO2S. The molecule has 0 aliphatic rings. The fourth-order valence-electron chi connectivity index (χ4n) is 3.68. The predicted octanol–water partition coefficient (Wildman–Crippen LogP) is 7.84. The second kappa shape index (κ2) is 13.9. The van der Waals surface area contributed by atoms with Gasteiger partial charge in [-0.05, 0) is 25.3 Å². The fraction of sp³-hybridized carbons (Fsp3) is 0.750. The molecule has 2 aromatic heterocycles. The molecule has 3 nitrogen and oxygen atoms in total. The van der Waals surface area contributed by atoms with Gasteiger partial charge in [0.15, 0.2) is 5.89 Å². The van der Waals surface area contributed by atoms with Crippen LogP contribution in [0.25, 0.3) is 10.2 Å². The molecule has 28 heavy (non-hydrogen) atoms. The molecule has 0 saturated heterocycles. The quantitative estimate of drug-likeness (QED) is 0.267. The van der Waals surface area contributed by atoms with Crippen LogP contribution >= 0.6 is 11.3 Å². The maximum Gasteiger partial charge on any atom is 0.347 e. The van der Waals surface area contributed by atoms with Gasteiger partial charge in [0.2, 0.25) is 0 Å². The minimum Gasteiger partial charge on any atom is -0.408 e. The summed E-state index contributed by atoms with van der Waals surface area (Å²) in [6.45, 7) is 4.50. The van der Waals surface area contributed by atoms with E-state index >= 15 is 0 Å². The highest BCUT2D eigenvalue weighted by molar-refractivity contribution is 7.18. The van der Waals surface area contributed by atoms with Crippen molar-refractivity contribution in [3.8, 4) is 0 Å². The highest BCUT2D eigenvalue weighted by atomic mass is 32.1. The van der Waals surface area contributed by atoms with E-state index in [0.717, 1.165) is 24.1 Å². The molecule has 0 aromatic carbocycles. The van der Waals surface area contributed by atoms with Gasteiger partial charge in [0.05, 0.1) is 5.39 Å². The summed E-state index contributed by atoms with van der Waals surface area (Å²) in [7, 11) is 0. The van der Waals surface area contributed by atoms with Gasteiger partial charge in [-0.25, -0.2) is 9.78 Å². The zero-order valence-corrected chi connectivity index (χ0v) is 18.9. The van der Waals surface area contributed by atoms with E-state index in [9.17, 15) is 4.79 Å². The van der Waals surface area contributed by atoms with Crippen molar-refractivity contribution in [2.45, 2.75) is 117 Å². The van der Waals surface area contributed by atoms with E-state index in [1.807, 2.05) is 6.07 Å². The van der Waals surface area contributed by atoms with Crippen LogP contribution in [0.4, 0.5) is 0 Å². The molecule has 2 rings (SSSR count). The normalized spacial score (nSPS) is 11.5. The van der Waals surface area contributed by atoms with Crippen molar-refractivity contribution in [1.29, 1.82) is 0 Å². The zero-order valence-electron chi connectivity index (χ0n) is 18.1. The van der Waals surface area contributed by atoms with Gasteiger partial charge in [0.25, 0.3) is 0 Å². The fourth-order valence-corrected chi connectivity index (χ4v) is 4.75. The molecule has 0 N–H and O–H groups in total. The number of thiophene rings is 1. The molecule has 0 atom stereocenters. The maximum absolute atomic E-state index is 12.3. The smallest absolute Gasteiger partial charge is 0.347 e. The summed E-state index contributed by atoms with van der Waals surface area (Å²) in [5.74, 6) is 0.622. The third-order valence-corrected chi connectivity index (χ3v) is 6.53. The van der Waals surface area contributed by atoms with Crippen LogP contribution in [0.3, 0.4) is 0 Å². The van der Waals surface area contributed by atoms with E-state index < -0.39 is 0 Å². The van der Waals surface area contributed by atoms with Gasteiger partial charge in [-0.3, -0.25) is 0 Å². The minimum absolute atomic E-state index is 0.204. The third-order valence-electron chi connectivity index (χ3n) is 5.44. The van der Waals surface area contributed by atoms with E-state index in [1.54, 1.807) is 11.3 Å². The molecule has 0 radical (unpaired) electrons. The summed E-state index contributed by atoms with van der Waals surface area (Å²) in [4.78, 5) is 19.1. The Morgan fingerprint density at radius 1 is 0.786 bits per heavy atom. The first-order valence-electron chi connectivity index (χ1n) is 11.7. The summed E-state index contributed by atoms with van der Waals surface area (Å²) in [5, 5.41) is 0.671. The lowest BCUT2D eigenvalue weighted by molar-refractivity contribution is 0.433. The number of hydrogen-bond donors (Lipinski definition) is 0. The first kappa shape index (κ1) is 23.1. The standard InChI is InChI=1S/C24H39NO2S/c1-3-5-7-9-10-11-12-14-16-18-22-25-23-21(24(26)27-22)19-20(28-23)17-15-13-8-6-4-2/h19H,3-18H2,1-2H3. The Labute approximate surface area is 175 Å². The lowest BCUT2D eigenvalue weighted by Crippen LogP contribution is -2.03. The van der Waals surface area contributed by atoms with E-state index in [2.05, 4.69) is 18.8 Å².